The van der Waals surface area contributed by atoms with E-state index in [0.717, 1.165) is 29.7 Å². The summed E-state index contributed by atoms with van der Waals surface area (Å²) < 4.78 is 19.8. The first-order valence-electron chi connectivity index (χ1n) is 11.4. The Bertz CT molecular complexity index is 980. The van der Waals surface area contributed by atoms with Gasteiger partial charge in [-0.15, -0.1) is 0 Å². The van der Waals surface area contributed by atoms with Crippen molar-refractivity contribution in [3.05, 3.63) is 83.9 Å². The third-order valence-electron chi connectivity index (χ3n) is 4.55. The normalized spacial score (nSPS) is 10.3. The minimum Gasteiger partial charge on any atom is -0.463 e. The van der Waals surface area contributed by atoms with E-state index in [1.165, 1.54) is 0 Å². The summed E-state index contributed by atoms with van der Waals surface area (Å²) in [7, 11) is 0. The lowest BCUT2D eigenvalue weighted by Crippen LogP contribution is -2.27. The monoisotopic (exact) mass is 498 g/mol. The Morgan fingerprint density at radius 3 is 1.72 bits per heavy atom. The number of hydrogen-bond acceptors (Lipinski definition) is 8. The van der Waals surface area contributed by atoms with E-state index in [4.69, 9.17) is 18.9 Å². The van der Waals surface area contributed by atoms with E-state index in [1.54, 1.807) is 12.1 Å². The van der Waals surface area contributed by atoms with Crippen LogP contribution in [0, 0.1) is 0 Å². The topological polar surface area (TPSA) is 129 Å². The van der Waals surface area contributed by atoms with Crippen LogP contribution in [0.25, 0.3) is 0 Å². The molecule has 10 heteroatoms. The van der Waals surface area contributed by atoms with Crippen molar-refractivity contribution in [1.82, 2.24) is 10.6 Å². The molecule has 192 valence electrons. The summed E-state index contributed by atoms with van der Waals surface area (Å²) in [6, 6.07) is 18.5. The third kappa shape index (κ3) is 13.4. The van der Waals surface area contributed by atoms with Crippen LogP contribution in [0.1, 0.15) is 30.4 Å². The van der Waals surface area contributed by atoms with Gasteiger partial charge < -0.3 is 24.3 Å². The van der Waals surface area contributed by atoms with Crippen LogP contribution < -0.4 is 10.6 Å². The summed E-state index contributed by atoms with van der Waals surface area (Å²) in [6.45, 7) is 0.512. The van der Waals surface area contributed by atoms with Crippen LogP contribution in [-0.4, -0.2) is 44.0 Å². The number of hydrogen-bond donors (Lipinski definition) is 2. The van der Waals surface area contributed by atoms with Gasteiger partial charge in [0.05, 0.1) is 6.61 Å². The van der Waals surface area contributed by atoms with Crippen LogP contribution in [0.3, 0.4) is 0 Å². The molecule has 0 heterocycles. The maximum absolute atomic E-state index is 11.6. The lowest BCUT2D eigenvalue weighted by Gasteiger charge is -2.07. The van der Waals surface area contributed by atoms with Crippen molar-refractivity contribution in [2.24, 2.45) is 0 Å². The average Bonchev–Trinajstić information content (AvgIpc) is 2.90. The predicted molar refractivity (Wildman–Crippen MR) is 129 cm³/mol. The summed E-state index contributed by atoms with van der Waals surface area (Å²) in [6.07, 6.45) is 2.64. The molecular weight excluding hydrogens is 468 g/mol. The van der Waals surface area contributed by atoms with Crippen LogP contribution in [-0.2, 0) is 41.8 Å². The molecule has 0 bridgehead atoms. The lowest BCUT2D eigenvalue weighted by molar-refractivity contribution is -0.140. The zero-order chi connectivity index (χ0) is 25.8. The highest BCUT2D eigenvalue weighted by atomic mass is 16.6. The molecule has 2 aromatic rings. The average molecular weight is 499 g/mol. The first-order valence-corrected chi connectivity index (χ1v) is 11.4. The number of amides is 2. The van der Waals surface area contributed by atoms with Crippen molar-refractivity contribution in [3.63, 3.8) is 0 Å². The highest BCUT2D eigenvalue weighted by Gasteiger charge is 2.05. The van der Waals surface area contributed by atoms with E-state index in [2.05, 4.69) is 10.6 Å². The van der Waals surface area contributed by atoms with Crippen molar-refractivity contribution in [1.29, 1.82) is 0 Å². The van der Waals surface area contributed by atoms with Crippen LogP contribution in [0.15, 0.2) is 72.8 Å². The maximum Gasteiger partial charge on any atom is 0.410 e. The predicted octanol–water partition coefficient (Wildman–Crippen LogP) is 3.61. The Hall–Kier alpha value is -4.34. The molecule has 2 aromatic carbocycles. The van der Waals surface area contributed by atoms with E-state index in [1.807, 2.05) is 48.5 Å². The van der Waals surface area contributed by atoms with Gasteiger partial charge in [0.1, 0.15) is 13.2 Å². The minimum atomic E-state index is -0.819. The number of nitrogens with one attached hydrogen (secondary N) is 2. The van der Waals surface area contributed by atoms with Crippen LogP contribution in [0.2, 0.25) is 0 Å². The molecule has 0 saturated carbocycles. The lowest BCUT2D eigenvalue weighted by atomic mass is 10.2. The number of carbonyl (C=O) groups is 4. The molecule has 0 aliphatic heterocycles. The number of unbranched alkanes of at least 4 members (excludes halogenated alkanes) is 2. The van der Waals surface area contributed by atoms with Gasteiger partial charge in [-0.1, -0.05) is 60.7 Å². The summed E-state index contributed by atoms with van der Waals surface area (Å²) >= 11 is 0. The smallest absolute Gasteiger partial charge is 0.410 e. The molecule has 0 aliphatic carbocycles. The Morgan fingerprint density at radius 1 is 0.611 bits per heavy atom. The standard InChI is InChI=1S/C26H30N2O8/c29-23(14-15-24(30)36-20-28-26(32)35-19-22-12-6-2-7-13-22)33-17-9-3-8-16-27-25(31)34-18-21-10-4-1-5-11-21/h1-2,4-7,10-15H,3,8-9,16-20H2,(H,27,31)(H,28,32)/b15-14+. The number of carbonyl (C=O) groups excluding carboxylic acids is 4. The van der Waals surface area contributed by atoms with Gasteiger partial charge in [0.15, 0.2) is 6.73 Å². The molecule has 0 aliphatic rings. The molecular formula is C26H30N2O8. The van der Waals surface area contributed by atoms with E-state index in [9.17, 15) is 19.2 Å². The Labute approximate surface area is 209 Å². The van der Waals surface area contributed by atoms with Crippen LogP contribution >= 0.6 is 0 Å². The van der Waals surface area contributed by atoms with Gasteiger partial charge in [0.2, 0.25) is 0 Å². The molecule has 0 aromatic heterocycles. The van der Waals surface area contributed by atoms with Gasteiger partial charge in [-0.25, -0.2) is 19.2 Å². The van der Waals surface area contributed by atoms with Crippen molar-refractivity contribution in [2.45, 2.75) is 32.5 Å². The minimum absolute atomic E-state index is 0.0875. The number of rotatable bonds is 14. The van der Waals surface area contributed by atoms with E-state index in [0.29, 0.717) is 19.4 Å². The molecule has 2 amide bonds. The third-order valence-corrected chi connectivity index (χ3v) is 4.55. The van der Waals surface area contributed by atoms with E-state index in [-0.39, 0.29) is 19.8 Å². The largest absolute Gasteiger partial charge is 0.463 e. The van der Waals surface area contributed by atoms with Gasteiger partial charge >= 0.3 is 24.1 Å². The Morgan fingerprint density at radius 2 is 1.14 bits per heavy atom. The first kappa shape index (κ1) is 27.9. The second-order valence-electron chi connectivity index (χ2n) is 7.40. The molecule has 36 heavy (non-hydrogen) atoms. The fourth-order valence-corrected chi connectivity index (χ4v) is 2.71. The quantitative estimate of drug-likeness (QED) is 0.133. The van der Waals surface area contributed by atoms with Gasteiger partial charge in [0, 0.05) is 18.7 Å². The van der Waals surface area contributed by atoms with Gasteiger partial charge in [-0.2, -0.15) is 0 Å². The van der Waals surface area contributed by atoms with Crippen LogP contribution in [0.5, 0.6) is 0 Å². The summed E-state index contributed by atoms with van der Waals surface area (Å²) in [5.74, 6) is -1.51. The number of esters is 2. The van der Waals surface area contributed by atoms with Crippen LogP contribution in [0.4, 0.5) is 9.59 Å². The molecule has 10 nitrogen and oxygen atoms in total. The van der Waals surface area contributed by atoms with Gasteiger partial charge in [-0.3, -0.25) is 5.32 Å². The maximum atomic E-state index is 11.6. The fraction of sp³-hybridized carbons (Fsp3) is 0.308. The second-order valence-corrected chi connectivity index (χ2v) is 7.40. The molecule has 0 atom stereocenters. The van der Waals surface area contributed by atoms with E-state index >= 15 is 0 Å². The fourth-order valence-electron chi connectivity index (χ4n) is 2.71. The number of alkyl carbamates (subject to hydrolysis) is 2. The summed E-state index contributed by atoms with van der Waals surface area (Å²) in [4.78, 5) is 46.4. The summed E-state index contributed by atoms with van der Waals surface area (Å²) in [5, 5.41) is 4.92. The molecule has 2 rings (SSSR count). The highest BCUT2D eigenvalue weighted by molar-refractivity contribution is 5.91. The van der Waals surface area contributed by atoms with E-state index < -0.39 is 30.9 Å². The molecule has 0 unspecified atom stereocenters. The van der Waals surface area contributed by atoms with Gasteiger partial charge in [-0.05, 0) is 30.4 Å². The van der Waals surface area contributed by atoms with Crippen molar-refractivity contribution < 1.29 is 38.1 Å². The zero-order valence-corrected chi connectivity index (χ0v) is 19.9. The SMILES string of the molecule is O=C(/C=C/C(=O)OCNC(=O)OCc1ccccc1)OCCCCCNC(=O)OCc1ccccc1. The second kappa shape index (κ2) is 17.1. The van der Waals surface area contributed by atoms with Crippen molar-refractivity contribution in [2.75, 3.05) is 19.9 Å². The van der Waals surface area contributed by atoms with Gasteiger partial charge in [0.25, 0.3) is 0 Å². The molecule has 0 fully saturated rings. The van der Waals surface area contributed by atoms with Crippen molar-refractivity contribution >= 4 is 24.1 Å². The summed E-state index contributed by atoms with van der Waals surface area (Å²) in [5.41, 5.74) is 1.73. The Balaban J connectivity index is 1.42. The van der Waals surface area contributed by atoms with Crippen molar-refractivity contribution in [3.8, 4) is 0 Å². The highest BCUT2D eigenvalue weighted by Crippen LogP contribution is 2.02. The molecule has 2 N–H and O–H groups in total. The molecule has 0 radical (unpaired) electrons. The number of benzene rings is 2. The molecule has 0 saturated heterocycles. The molecule has 0 spiro atoms. The first-order chi connectivity index (χ1) is 17.5. The zero-order valence-electron chi connectivity index (χ0n) is 19.9. The Kier molecular flexibility index (Phi) is 13.3. The number of ether oxygens (including phenoxy) is 4.